The lowest BCUT2D eigenvalue weighted by atomic mass is 10.1. The number of piperazine rings is 1. The lowest BCUT2D eigenvalue weighted by Gasteiger charge is -2.41. The van der Waals surface area contributed by atoms with Crippen molar-refractivity contribution >= 4 is 50.3 Å². The van der Waals surface area contributed by atoms with Crippen LogP contribution in [0.1, 0.15) is 58.9 Å². The molecule has 218 valence electrons. The van der Waals surface area contributed by atoms with E-state index in [0.717, 1.165) is 12.8 Å². The number of anilines is 1. The summed E-state index contributed by atoms with van der Waals surface area (Å²) in [5.41, 5.74) is -0.311. The van der Waals surface area contributed by atoms with E-state index in [-0.39, 0.29) is 26.9 Å². The zero-order chi connectivity index (χ0) is 29.2. The van der Waals surface area contributed by atoms with Gasteiger partial charge in [-0.3, -0.25) is 4.40 Å². The third-order valence-electron chi connectivity index (χ3n) is 6.75. The molecular weight excluding hydrogens is 588 g/mol. The van der Waals surface area contributed by atoms with Crippen molar-refractivity contribution in [2.75, 3.05) is 24.5 Å². The minimum absolute atomic E-state index is 0.0423. The molecule has 2 aliphatic rings. The number of sulfonamides is 1. The van der Waals surface area contributed by atoms with E-state index in [1.165, 1.54) is 16.7 Å². The molecule has 4 heterocycles. The topological polar surface area (TPSA) is 122 Å². The van der Waals surface area contributed by atoms with E-state index in [9.17, 15) is 22.0 Å². The van der Waals surface area contributed by atoms with Crippen molar-refractivity contribution in [3.8, 4) is 10.8 Å². The second-order valence-corrected chi connectivity index (χ2v) is 14.4. The summed E-state index contributed by atoms with van der Waals surface area (Å²) in [5.74, 6) is 0.0979. The molecular formula is C24H30ClF2N7O4S2. The average molecular weight is 618 g/mol. The highest BCUT2D eigenvalue weighted by Crippen LogP contribution is 2.39. The van der Waals surface area contributed by atoms with Gasteiger partial charge < -0.3 is 14.5 Å². The summed E-state index contributed by atoms with van der Waals surface area (Å²) in [6.07, 6.45) is -0.446. The number of ether oxygens (including phenoxy) is 1. The van der Waals surface area contributed by atoms with E-state index < -0.39 is 38.7 Å². The van der Waals surface area contributed by atoms with Gasteiger partial charge in [-0.05, 0) is 53.5 Å². The first-order valence-corrected chi connectivity index (χ1v) is 15.4. The highest BCUT2D eigenvalue weighted by Gasteiger charge is 2.42. The maximum atomic E-state index is 13.5. The molecule has 11 nitrogen and oxygen atoms in total. The van der Waals surface area contributed by atoms with E-state index in [2.05, 4.69) is 19.9 Å². The molecule has 3 aromatic rings. The quantitative estimate of drug-likeness (QED) is 0.422. The number of amides is 1. The predicted octanol–water partition coefficient (Wildman–Crippen LogP) is 4.72. The van der Waals surface area contributed by atoms with Crippen molar-refractivity contribution in [3.63, 3.8) is 0 Å². The Labute approximate surface area is 239 Å². The maximum absolute atomic E-state index is 13.5. The van der Waals surface area contributed by atoms with Gasteiger partial charge in [-0.2, -0.15) is 0 Å². The molecule has 1 aliphatic heterocycles. The minimum Gasteiger partial charge on any atom is -0.444 e. The number of pyridine rings is 1. The molecule has 3 aromatic heterocycles. The van der Waals surface area contributed by atoms with Gasteiger partial charge in [0.2, 0.25) is 10.0 Å². The van der Waals surface area contributed by atoms with Crippen molar-refractivity contribution < 1.29 is 26.7 Å². The number of hydrogen-bond acceptors (Lipinski definition) is 9. The molecule has 0 unspecified atom stereocenters. The number of halogens is 3. The van der Waals surface area contributed by atoms with Crippen molar-refractivity contribution in [3.05, 3.63) is 22.4 Å². The third-order valence-corrected chi connectivity index (χ3v) is 9.55. The van der Waals surface area contributed by atoms with Crippen LogP contribution in [0.4, 0.5) is 19.3 Å². The number of rotatable bonds is 6. The van der Waals surface area contributed by atoms with Crippen LogP contribution < -0.4 is 9.62 Å². The summed E-state index contributed by atoms with van der Waals surface area (Å²) in [5, 5.41) is 7.03. The number of imidazole rings is 1. The first-order chi connectivity index (χ1) is 18.6. The number of nitrogens with zero attached hydrogens (tertiary/aromatic N) is 6. The van der Waals surface area contributed by atoms with Crippen molar-refractivity contribution in [2.45, 2.75) is 76.0 Å². The second-order valence-electron chi connectivity index (χ2n) is 11.4. The minimum atomic E-state index is -3.97. The molecule has 40 heavy (non-hydrogen) atoms. The highest BCUT2D eigenvalue weighted by molar-refractivity contribution is 7.89. The highest BCUT2D eigenvalue weighted by atomic mass is 35.5. The summed E-state index contributed by atoms with van der Waals surface area (Å²) in [4.78, 5) is 20.7. The van der Waals surface area contributed by atoms with E-state index in [1.54, 1.807) is 25.7 Å². The lowest BCUT2D eigenvalue weighted by molar-refractivity contribution is 0.0159. The van der Waals surface area contributed by atoms with Gasteiger partial charge >= 0.3 is 6.09 Å². The van der Waals surface area contributed by atoms with Gasteiger partial charge in [-0.15, -0.1) is 10.2 Å². The molecule has 0 bridgehead atoms. The smallest absolute Gasteiger partial charge is 0.410 e. The Bertz CT molecular complexity index is 1570. The predicted molar refractivity (Wildman–Crippen MR) is 147 cm³/mol. The summed E-state index contributed by atoms with van der Waals surface area (Å²) < 4.78 is 63.2. The van der Waals surface area contributed by atoms with E-state index >= 15 is 0 Å². The fourth-order valence-electron chi connectivity index (χ4n) is 4.52. The van der Waals surface area contributed by atoms with Crippen molar-refractivity contribution in [1.82, 2.24) is 29.2 Å². The summed E-state index contributed by atoms with van der Waals surface area (Å²) in [6.45, 7) is 10.1. The Hall–Kier alpha value is -2.62. The van der Waals surface area contributed by atoms with Gasteiger partial charge in [0, 0.05) is 37.4 Å². The zero-order valence-electron chi connectivity index (χ0n) is 22.6. The monoisotopic (exact) mass is 617 g/mol. The van der Waals surface area contributed by atoms with Gasteiger partial charge in [0.05, 0.1) is 5.69 Å². The molecule has 16 heteroatoms. The number of carbonyl (C=O) groups excluding carboxylic acids is 1. The van der Waals surface area contributed by atoms with Crippen LogP contribution >= 0.6 is 22.9 Å². The molecule has 0 aromatic carbocycles. The van der Waals surface area contributed by atoms with Crippen molar-refractivity contribution in [1.29, 1.82) is 0 Å². The summed E-state index contributed by atoms with van der Waals surface area (Å²) in [7, 11) is -3.97. The van der Waals surface area contributed by atoms with E-state index in [1.807, 2.05) is 18.7 Å². The lowest BCUT2D eigenvalue weighted by Crippen LogP contribution is -2.55. The normalized spacial score (nSPS) is 19.5. The first-order valence-electron chi connectivity index (χ1n) is 12.7. The molecule has 0 spiro atoms. The van der Waals surface area contributed by atoms with Gasteiger partial charge in [-0.1, -0.05) is 22.9 Å². The van der Waals surface area contributed by atoms with Crippen LogP contribution in [-0.2, 0) is 14.8 Å². The van der Waals surface area contributed by atoms with E-state index in [4.69, 9.17) is 16.3 Å². The van der Waals surface area contributed by atoms with Crippen LogP contribution in [0.15, 0.2) is 17.2 Å². The molecule has 5 rings (SSSR count). The Morgan fingerprint density at radius 1 is 1.27 bits per heavy atom. The van der Waals surface area contributed by atoms with Crippen LogP contribution in [-0.4, -0.2) is 75.8 Å². The fourth-order valence-corrected chi connectivity index (χ4v) is 6.96. The Morgan fingerprint density at radius 2 is 1.98 bits per heavy atom. The third kappa shape index (κ3) is 5.74. The van der Waals surface area contributed by atoms with Gasteiger partial charge in [0.1, 0.15) is 16.0 Å². The first kappa shape index (κ1) is 28.9. The molecule has 2 fully saturated rings. The number of hydrogen-bond donors (Lipinski definition) is 1. The number of alkyl halides is 2. The molecule has 1 saturated carbocycles. The number of aromatic nitrogens is 4. The van der Waals surface area contributed by atoms with Crippen LogP contribution in [0.5, 0.6) is 0 Å². The molecule has 0 radical (unpaired) electrons. The second kappa shape index (κ2) is 10.0. The molecule has 1 N–H and O–H groups in total. The van der Waals surface area contributed by atoms with Crippen LogP contribution in [0.2, 0.25) is 5.15 Å². The van der Waals surface area contributed by atoms with Gasteiger partial charge in [0.15, 0.2) is 21.0 Å². The largest absolute Gasteiger partial charge is 0.444 e. The Morgan fingerprint density at radius 3 is 2.55 bits per heavy atom. The number of nitrogens with one attached hydrogen (secondary N) is 1. The van der Waals surface area contributed by atoms with Crippen LogP contribution in [0.3, 0.4) is 0 Å². The Balaban J connectivity index is 1.58. The molecule has 1 saturated heterocycles. The molecule has 1 atom stereocenters. The molecule has 1 amide bonds. The number of carbonyl (C=O) groups is 1. The van der Waals surface area contributed by atoms with Crippen LogP contribution in [0, 0.1) is 0 Å². The SMILES string of the molecule is C[C@H]1CN(c2cc(S(=O)(=O)NC3(C)CC3)cn3c(-c4nnc(C(F)F)s4)nc(Cl)c23)CCN1C(=O)OC(C)(C)C. The fraction of sp³-hybridized carbons (Fsp3) is 0.583. The maximum Gasteiger partial charge on any atom is 0.410 e. The number of fused-ring (bicyclic) bond motifs is 1. The standard InChI is InChI=1S/C24H30ClF2N7O4S2/c1-13-11-32(8-9-33(13)22(35)38-23(2,3)4)15-10-14(40(36,37)31-24(5)6-7-24)12-34-16(15)17(25)28-19(34)21-30-29-20(39-21)18(26)27/h10,12-13,18,31H,6-9,11H2,1-5H3/t13-/m0/s1. The zero-order valence-corrected chi connectivity index (χ0v) is 25.0. The van der Waals surface area contributed by atoms with Gasteiger partial charge in [-0.25, -0.2) is 31.7 Å². The van der Waals surface area contributed by atoms with Crippen LogP contribution in [0.25, 0.3) is 16.3 Å². The van der Waals surface area contributed by atoms with E-state index in [0.29, 0.717) is 42.2 Å². The summed E-state index contributed by atoms with van der Waals surface area (Å²) in [6, 6.07) is 1.26. The summed E-state index contributed by atoms with van der Waals surface area (Å²) >= 11 is 7.25. The average Bonchev–Trinajstić information content (AvgIpc) is 3.23. The molecule has 1 aliphatic carbocycles. The van der Waals surface area contributed by atoms with Crippen molar-refractivity contribution in [2.24, 2.45) is 0 Å². The Kier molecular flexibility index (Phi) is 7.25. The van der Waals surface area contributed by atoms with Gasteiger partial charge in [0.25, 0.3) is 6.43 Å².